The first kappa shape index (κ1) is 13.8. The van der Waals surface area contributed by atoms with Gasteiger partial charge in [0.25, 0.3) is 0 Å². The van der Waals surface area contributed by atoms with Crippen LogP contribution in [-0.2, 0) is 0 Å². The van der Waals surface area contributed by atoms with Crippen molar-refractivity contribution in [1.82, 2.24) is 15.2 Å². The van der Waals surface area contributed by atoms with E-state index >= 15 is 0 Å². The Hall–Kier alpha value is -1.13. The van der Waals surface area contributed by atoms with E-state index in [-0.39, 0.29) is 0 Å². The molecule has 0 aromatic carbocycles. The van der Waals surface area contributed by atoms with Crippen molar-refractivity contribution >= 4 is 5.82 Å². The van der Waals surface area contributed by atoms with E-state index in [9.17, 15) is 0 Å². The highest BCUT2D eigenvalue weighted by Gasteiger charge is 2.33. The molecule has 1 aromatic heterocycles. The van der Waals surface area contributed by atoms with Gasteiger partial charge in [-0.2, -0.15) is 0 Å². The van der Waals surface area contributed by atoms with Crippen molar-refractivity contribution in [3.8, 4) is 0 Å². The topological polar surface area (TPSA) is 40.2 Å². The molecular formula is C16H26N4. The first-order chi connectivity index (χ1) is 9.73. The van der Waals surface area contributed by atoms with Crippen LogP contribution in [0.3, 0.4) is 0 Å². The van der Waals surface area contributed by atoms with E-state index in [0.717, 1.165) is 18.3 Å². The molecule has 2 fully saturated rings. The summed E-state index contributed by atoms with van der Waals surface area (Å²) in [4.78, 5) is 6.97. The quantitative estimate of drug-likeness (QED) is 0.859. The fourth-order valence-electron chi connectivity index (χ4n) is 3.48. The SMILES string of the molecule is CC1(CN2CCC(CNc3ccccn3)C2)CCNC1. The summed E-state index contributed by atoms with van der Waals surface area (Å²) in [6, 6.07) is 6.03. The normalized spacial score (nSPS) is 30.8. The number of rotatable bonds is 5. The molecule has 2 unspecified atom stereocenters. The fraction of sp³-hybridized carbons (Fsp3) is 0.688. The molecular weight excluding hydrogens is 248 g/mol. The van der Waals surface area contributed by atoms with Crippen molar-refractivity contribution in [2.75, 3.05) is 44.6 Å². The Balaban J connectivity index is 1.43. The zero-order valence-corrected chi connectivity index (χ0v) is 12.4. The third-order valence-electron chi connectivity index (χ3n) is 4.67. The summed E-state index contributed by atoms with van der Waals surface area (Å²) in [5.74, 6) is 1.76. The Morgan fingerprint density at radius 3 is 3.20 bits per heavy atom. The van der Waals surface area contributed by atoms with Crippen molar-refractivity contribution in [1.29, 1.82) is 0 Å². The van der Waals surface area contributed by atoms with Gasteiger partial charge in [0.2, 0.25) is 0 Å². The van der Waals surface area contributed by atoms with E-state index in [1.807, 2.05) is 24.4 Å². The molecule has 2 saturated heterocycles. The third kappa shape index (κ3) is 3.49. The minimum absolute atomic E-state index is 0.489. The molecule has 2 N–H and O–H groups in total. The molecule has 3 rings (SSSR count). The van der Waals surface area contributed by atoms with Crippen LogP contribution in [0.25, 0.3) is 0 Å². The first-order valence-corrected chi connectivity index (χ1v) is 7.82. The second kappa shape index (κ2) is 6.10. The summed E-state index contributed by atoms with van der Waals surface area (Å²) in [6.07, 6.45) is 4.47. The largest absolute Gasteiger partial charge is 0.370 e. The van der Waals surface area contributed by atoms with Crippen LogP contribution in [0, 0.1) is 11.3 Å². The van der Waals surface area contributed by atoms with E-state index in [1.165, 1.54) is 45.6 Å². The predicted molar refractivity (Wildman–Crippen MR) is 82.9 cm³/mol. The monoisotopic (exact) mass is 274 g/mol. The van der Waals surface area contributed by atoms with Gasteiger partial charge in [0.05, 0.1) is 0 Å². The van der Waals surface area contributed by atoms with Gasteiger partial charge in [-0.3, -0.25) is 0 Å². The molecule has 0 spiro atoms. The average Bonchev–Trinajstić information content (AvgIpc) is 3.07. The first-order valence-electron chi connectivity index (χ1n) is 7.82. The Labute approximate surface area is 122 Å². The molecule has 2 atom stereocenters. The van der Waals surface area contributed by atoms with Gasteiger partial charge in [0, 0.05) is 32.4 Å². The molecule has 2 aliphatic heterocycles. The van der Waals surface area contributed by atoms with Gasteiger partial charge in [-0.1, -0.05) is 13.0 Å². The van der Waals surface area contributed by atoms with Crippen LogP contribution in [0.1, 0.15) is 19.8 Å². The lowest BCUT2D eigenvalue weighted by Crippen LogP contribution is -2.36. The summed E-state index contributed by atoms with van der Waals surface area (Å²) < 4.78 is 0. The maximum Gasteiger partial charge on any atom is 0.125 e. The Morgan fingerprint density at radius 2 is 2.45 bits per heavy atom. The van der Waals surface area contributed by atoms with Crippen LogP contribution in [0.15, 0.2) is 24.4 Å². The lowest BCUT2D eigenvalue weighted by molar-refractivity contribution is 0.204. The van der Waals surface area contributed by atoms with Crippen LogP contribution in [0.2, 0.25) is 0 Å². The molecule has 20 heavy (non-hydrogen) atoms. The van der Waals surface area contributed by atoms with Crippen molar-refractivity contribution in [2.45, 2.75) is 19.8 Å². The van der Waals surface area contributed by atoms with E-state index in [4.69, 9.17) is 0 Å². The zero-order valence-electron chi connectivity index (χ0n) is 12.4. The van der Waals surface area contributed by atoms with Crippen LogP contribution in [0.5, 0.6) is 0 Å². The van der Waals surface area contributed by atoms with E-state index in [0.29, 0.717) is 5.41 Å². The molecule has 0 radical (unpaired) electrons. The van der Waals surface area contributed by atoms with Crippen LogP contribution < -0.4 is 10.6 Å². The smallest absolute Gasteiger partial charge is 0.125 e. The van der Waals surface area contributed by atoms with Gasteiger partial charge >= 0.3 is 0 Å². The van der Waals surface area contributed by atoms with Crippen LogP contribution in [0.4, 0.5) is 5.82 Å². The van der Waals surface area contributed by atoms with Gasteiger partial charge in [-0.15, -0.1) is 0 Å². The van der Waals surface area contributed by atoms with Gasteiger partial charge in [0.1, 0.15) is 5.82 Å². The van der Waals surface area contributed by atoms with E-state index in [2.05, 4.69) is 27.4 Å². The summed E-state index contributed by atoms with van der Waals surface area (Å²) >= 11 is 0. The Bertz CT molecular complexity index is 414. The summed E-state index contributed by atoms with van der Waals surface area (Å²) in [5, 5.41) is 6.96. The third-order valence-corrected chi connectivity index (χ3v) is 4.67. The second-order valence-electron chi connectivity index (χ2n) is 6.72. The lowest BCUT2D eigenvalue weighted by Gasteiger charge is -2.29. The highest BCUT2D eigenvalue weighted by molar-refractivity contribution is 5.33. The van der Waals surface area contributed by atoms with Crippen LogP contribution >= 0.6 is 0 Å². The van der Waals surface area contributed by atoms with Gasteiger partial charge in [0.15, 0.2) is 0 Å². The van der Waals surface area contributed by atoms with E-state index in [1.54, 1.807) is 0 Å². The van der Waals surface area contributed by atoms with Crippen molar-refractivity contribution in [2.24, 2.45) is 11.3 Å². The number of aromatic nitrogens is 1. The predicted octanol–water partition coefficient (Wildman–Crippen LogP) is 1.81. The number of anilines is 1. The number of likely N-dealkylation sites (tertiary alicyclic amines) is 1. The number of pyridine rings is 1. The molecule has 4 nitrogen and oxygen atoms in total. The molecule has 110 valence electrons. The van der Waals surface area contributed by atoms with Gasteiger partial charge < -0.3 is 15.5 Å². The Kier molecular flexibility index (Phi) is 4.22. The van der Waals surface area contributed by atoms with Gasteiger partial charge in [-0.05, 0) is 49.4 Å². The highest BCUT2D eigenvalue weighted by atomic mass is 15.2. The number of hydrogen-bond donors (Lipinski definition) is 2. The molecule has 0 aliphatic carbocycles. The minimum Gasteiger partial charge on any atom is -0.370 e. The van der Waals surface area contributed by atoms with Crippen LogP contribution in [-0.4, -0.2) is 49.2 Å². The molecule has 0 saturated carbocycles. The summed E-state index contributed by atoms with van der Waals surface area (Å²) in [5.41, 5.74) is 0.489. The van der Waals surface area contributed by atoms with Gasteiger partial charge in [-0.25, -0.2) is 4.98 Å². The van der Waals surface area contributed by atoms with E-state index < -0.39 is 0 Å². The van der Waals surface area contributed by atoms with Crippen molar-refractivity contribution in [3.05, 3.63) is 24.4 Å². The molecule has 3 heterocycles. The zero-order chi connectivity index (χ0) is 13.8. The number of hydrogen-bond acceptors (Lipinski definition) is 4. The number of nitrogens with one attached hydrogen (secondary N) is 2. The molecule has 0 bridgehead atoms. The summed E-state index contributed by atoms with van der Waals surface area (Å²) in [6.45, 7) is 9.57. The maximum atomic E-state index is 4.32. The average molecular weight is 274 g/mol. The molecule has 2 aliphatic rings. The summed E-state index contributed by atoms with van der Waals surface area (Å²) in [7, 11) is 0. The fourth-order valence-corrected chi connectivity index (χ4v) is 3.48. The molecule has 0 amide bonds. The Morgan fingerprint density at radius 1 is 1.50 bits per heavy atom. The van der Waals surface area contributed by atoms with Crippen molar-refractivity contribution < 1.29 is 0 Å². The minimum atomic E-state index is 0.489. The molecule has 1 aromatic rings. The standard InChI is InChI=1S/C16H26N4/c1-16(6-8-17-12-16)13-20-9-5-14(11-20)10-19-15-4-2-3-7-18-15/h2-4,7,14,17H,5-6,8-13H2,1H3,(H,18,19). The number of nitrogens with zero attached hydrogens (tertiary/aromatic N) is 2. The highest BCUT2D eigenvalue weighted by Crippen LogP contribution is 2.28. The second-order valence-corrected chi connectivity index (χ2v) is 6.72. The van der Waals surface area contributed by atoms with Crippen molar-refractivity contribution in [3.63, 3.8) is 0 Å². The lowest BCUT2D eigenvalue weighted by atomic mass is 9.89. The molecule has 4 heteroatoms. The maximum absolute atomic E-state index is 4.32.